The van der Waals surface area contributed by atoms with Crippen molar-refractivity contribution in [2.75, 3.05) is 24.4 Å². The van der Waals surface area contributed by atoms with E-state index in [-0.39, 0.29) is 47.3 Å². The number of nitrogens with zero attached hydrogens (tertiary/aromatic N) is 6. The highest BCUT2D eigenvalue weighted by Crippen LogP contribution is 2.38. The molecule has 0 amide bonds. The van der Waals surface area contributed by atoms with Crippen LogP contribution >= 0.6 is 7.60 Å². The number of ether oxygens (including phenoxy) is 3. The first kappa shape index (κ1) is 29.7. The number of nitrogens with two attached hydrogens (primary N) is 2. The molecule has 6 rings (SSSR count). The van der Waals surface area contributed by atoms with Crippen LogP contribution in [0, 0.1) is 0 Å². The fourth-order valence-corrected chi connectivity index (χ4v) is 4.87. The lowest BCUT2D eigenvalue weighted by Gasteiger charge is -2.17. The number of rotatable bonds is 6. The molecule has 0 unspecified atom stereocenters. The molecule has 22 heteroatoms. The zero-order valence-electron chi connectivity index (χ0n) is 21.4. The van der Waals surface area contributed by atoms with Crippen molar-refractivity contribution in [1.82, 2.24) is 39.0 Å². The van der Waals surface area contributed by atoms with Gasteiger partial charge in [0.15, 0.2) is 47.4 Å². The summed E-state index contributed by atoms with van der Waals surface area (Å²) in [6.07, 6.45) is -2.95. The van der Waals surface area contributed by atoms with Crippen LogP contribution in [0.3, 0.4) is 0 Å². The minimum Gasteiger partial charge on any atom is -0.394 e. The Morgan fingerprint density at radius 2 is 1.43 bits per heavy atom. The van der Waals surface area contributed by atoms with Gasteiger partial charge in [-0.3, -0.25) is 33.3 Å². The first-order valence-corrected chi connectivity index (χ1v) is 14.0. The molecule has 0 bridgehead atoms. The predicted molar refractivity (Wildman–Crippen MR) is 139 cm³/mol. The number of H-pyrrole nitrogens is 2. The van der Waals surface area contributed by atoms with E-state index in [1.165, 1.54) is 21.8 Å². The van der Waals surface area contributed by atoms with Crippen molar-refractivity contribution in [3.05, 3.63) is 33.4 Å². The molecule has 228 valence electrons. The minimum absolute atomic E-state index is 0.0109. The summed E-state index contributed by atoms with van der Waals surface area (Å²) in [6.45, 7) is -0.184. The van der Waals surface area contributed by atoms with Gasteiger partial charge in [-0.2, -0.15) is 9.97 Å². The van der Waals surface area contributed by atoms with Gasteiger partial charge < -0.3 is 50.8 Å². The normalized spacial score (nSPS) is 26.1. The monoisotopic (exact) mass is 614 g/mol. The van der Waals surface area contributed by atoms with Gasteiger partial charge in [-0.25, -0.2) is 9.97 Å². The first-order chi connectivity index (χ1) is 19.8. The Balaban J connectivity index is 0.000000171. The van der Waals surface area contributed by atoms with Crippen molar-refractivity contribution in [1.29, 1.82) is 0 Å². The van der Waals surface area contributed by atoms with Crippen molar-refractivity contribution in [2.45, 2.75) is 49.9 Å². The van der Waals surface area contributed by atoms with E-state index in [4.69, 9.17) is 40.6 Å². The van der Waals surface area contributed by atoms with Crippen LogP contribution in [0.2, 0.25) is 0 Å². The molecule has 42 heavy (non-hydrogen) atoms. The van der Waals surface area contributed by atoms with Gasteiger partial charge in [0, 0.05) is 12.8 Å². The van der Waals surface area contributed by atoms with Crippen molar-refractivity contribution in [2.24, 2.45) is 0 Å². The summed E-state index contributed by atoms with van der Waals surface area (Å²) in [6, 6.07) is 0. The molecule has 4 aromatic heterocycles. The van der Waals surface area contributed by atoms with Gasteiger partial charge in [0.1, 0.15) is 12.2 Å². The third-order valence-electron chi connectivity index (χ3n) is 6.30. The Morgan fingerprint density at radius 3 is 1.90 bits per heavy atom. The third-order valence-corrected chi connectivity index (χ3v) is 6.79. The minimum atomic E-state index is -4.35. The van der Waals surface area contributed by atoms with Gasteiger partial charge in [-0.05, 0) is 0 Å². The fourth-order valence-electron chi connectivity index (χ4n) is 4.51. The van der Waals surface area contributed by atoms with E-state index in [1.807, 2.05) is 0 Å². The topological polar surface area (TPSA) is 325 Å². The number of aromatic nitrogens is 8. The molecule has 2 aliphatic rings. The summed E-state index contributed by atoms with van der Waals surface area (Å²) in [7, 11) is -4.35. The largest absolute Gasteiger partial charge is 0.394 e. The molecule has 0 aromatic carbocycles. The fraction of sp³-hybridized carbons (Fsp3) is 0.500. The second kappa shape index (κ2) is 11.5. The quantitative estimate of drug-likeness (QED) is 0.0965. The zero-order chi connectivity index (χ0) is 30.3. The van der Waals surface area contributed by atoms with Crippen LogP contribution < -0.4 is 22.6 Å². The highest BCUT2D eigenvalue weighted by molar-refractivity contribution is 7.51. The predicted octanol–water partition coefficient (Wildman–Crippen LogP) is -3.20. The van der Waals surface area contributed by atoms with Crippen LogP contribution in [-0.2, 0) is 18.8 Å². The highest BCUT2D eigenvalue weighted by atomic mass is 31.2. The second-order valence-electron chi connectivity index (χ2n) is 9.40. The van der Waals surface area contributed by atoms with Crippen LogP contribution in [0.5, 0.6) is 0 Å². The van der Waals surface area contributed by atoms with Gasteiger partial charge in [0.05, 0.1) is 25.4 Å². The summed E-state index contributed by atoms with van der Waals surface area (Å²) < 4.78 is 29.4. The number of hydrogen-bond acceptors (Lipinski definition) is 15. The number of aliphatic hydroxyl groups excluding tert-OH is 3. The molecule has 0 spiro atoms. The summed E-state index contributed by atoms with van der Waals surface area (Å²) >= 11 is 0. The van der Waals surface area contributed by atoms with E-state index < -0.39 is 62.1 Å². The average molecular weight is 614 g/mol. The van der Waals surface area contributed by atoms with Gasteiger partial charge >= 0.3 is 7.60 Å². The maximum absolute atomic E-state index is 11.7. The number of aliphatic hydroxyl groups is 3. The number of nitrogen functional groups attached to an aromatic ring is 2. The Hall–Kier alpha value is -3.79. The van der Waals surface area contributed by atoms with Crippen LogP contribution in [0.25, 0.3) is 22.3 Å². The zero-order valence-corrected chi connectivity index (χ0v) is 22.3. The molecule has 2 saturated heterocycles. The lowest BCUT2D eigenvalue weighted by atomic mass is 10.2. The Kier molecular flexibility index (Phi) is 8.11. The number of hydrogen-bond donors (Lipinski definition) is 9. The van der Waals surface area contributed by atoms with E-state index in [9.17, 15) is 24.4 Å². The van der Waals surface area contributed by atoms with E-state index in [2.05, 4.69) is 29.9 Å². The SMILES string of the molecule is Nc1nc2c(ncn2[C@@H]2O[C@H](CO)C[C@@H]2O)c(=O)[nH]1.Nc1nc2c(ncn2[C@@H]2O[C@H](OCP(=O)(O)O)C[C@@H]2O)c(=O)[nH]1. The molecule has 11 N–H and O–H groups in total. The van der Waals surface area contributed by atoms with Crippen LogP contribution in [0.15, 0.2) is 22.2 Å². The van der Waals surface area contributed by atoms with Gasteiger partial charge in [0.25, 0.3) is 11.1 Å². The van der Waals surface area contributed by atoms with Crippen molar-refractivity contribution in [3.63, 3.8) is 0 Å². The van der Waals surface area contributed by atoms with E-state index in [0.717, 1.165) is 0 Å². The molecule has 2 fully saturated rings. The van der Waals surface area contributed by atoms with E-state index in [0.29, 0.717) is 6.42 Å². The standard InChI is InChI=1S/C10H14N5O7P.C10H13N5O4/c11-10-13-7-6(8(17)14-10)12-2-15(7)9-4(16)1-5(22-9)21-3-23(18,19)20;11-10-13-7-6(8(18)14-10)12-3-15(7)9-5(17)1-4(2-16)19-9/h2,4-5,9,16H,1,3H2,(H2,18,19,20)(H3,11,13,14,17);3-5,9,16-17H,1-2H2,(H3,11,13,14,18)/t2*4-,5-,9+/m00/s1. The van der Waals surface area contributed by atoms with Crippen molar-refractivity contribution < 1.29 is 43.9 Å². The Labute approximate surface area is 232 Å². The van der Waals surface area contributed by atoms with E-state index in [1.54, 1.807) is 0 Å². The molecule has 6 heterocycles. The smallest absolute Gasteiger partial charge is 0.351 e. The van der Waals surface area contributed by atoms with Gasteiger partial charge in [-0.1, -0.05) is 0 Å². The Bertz CT molecular complexity index is 1750. The molecule has 0 radical (unpaired) electrons. The maximum Gasteiger partial charge on any atom is 0.351 e. The third kappa shape index (κ3) is 6.04. The lowest BCUT2D eigenvalue weighted by molar-refractivity contribution is -0.145. The molecule has 2 aliphatic heterocycles. The van der Waals surface area contributed by atoms with Gasteiger partial charge in [-0.15, -0.1) is 0 Å². The van der Waals surface area contributed by atoms with Crippen LogP contribution in [0.4, 0.5) is 11.9 Å². The van der Waals surface area contributed by atoms with Crippen LogP contribution in [0.1, 0.15) is 25.3 Å². The number of nitrogens with one attached hydrogen (secondary N) is 2. The maximum atomic E-state index is 11.7. The second-order valence-corrected chi connectivity index (χ2v) is 11.0. The molecular formula is C20H27N10O11P. The number of aromatic amines is 2. The molecular weight excluding hydrogens is 587 g/mol. The summed E-state index contributed by atoms with van der Waals surface area (Å²) in [5.41, 5.74) is 10.5. The molecule has 21 nitrogen and oxygen atoms in total. The number of imidazole rings is 2. The Morgan fingerprint density at radius 1 is 0.929 bits per heavy atom. The summed E-state index contributed by atoms with van der Waals surface area (Å²) in [5.74, 6) is -0.156. The lowest BCUT2D eigenvalue weighted by Crippen LogP contribution is -2.20. The van der Waals surface area contributed by atoms with Gasteiger partial charge in [0.2, 0.25) is 11.9 Å². The average Bonchev–Trinajstić information content (AvgIpc) is 3.67. The molecule has 0 aliphatic carbocycles. The first-order valence-electron chi connectivity index (χ1n) is 12.2. The van der Waals surface area contributed by atoms with E-state index >= 15 is 0 Å². The molecule has 4 aromatic rings. The van der Waals surface area contributed by atoms with Crippen molar-refractivity contribution >= 4 is 41.8 Å². The molecule has 6 atom stereocenters. The van der Waals surface area contributed by atoms with Crippen LogP contribution in [-0.4, -0.2) is 102 Å². The number of anilines is 2. The molecule has 0 saturated carbocycles. The summed E-state index contributed by atoms with van der Waals surface area (Å²) in [5, 5.41) is 29.0. The summed E-state index contributed by atoms with van der Waals surface area (Å²) in [4.78, 5) is 61.3. The van der Waals surface area contributed by atoms with Crippen molar-refractivity contribution in [3.8, 4) is 0 Å². The number of fused-ring (bicyclic) bond motifs is 2. The highest BCUT2D eigenvalue weighted by Gasteiger charge is 2.38.